The number of nitrogens with zero attached hydrogens (tertiary/aromatic N) is 1. The summed E-state index contributed by atoms with van der Waals surface area (Å²) in [5.41, 5.74) is 1.05. The molecule has 1 aromatic carbocycles. The molecule has 2 fully saturated rings. The van der Waals surface area contributed by atoms with Crippen LogP contribution >= 0.6 is 0 Å². The maximum Gasteiger partial charge on any atom is 0.315 e. The molecule has 1 aliphatic heterocycles. The average Bonchev–Trinajstić information content (AvgIpc) is 3.15. The van der Waals surface area contributed by atoms with E-state index >= 15 is 0 Å². The van der Waals surface area contributed by atoms with Crippen molar-refractivity contribution in [1.29, 1.82) is 0 Å². The number of amides is 2. The van der Waals surface area contributed by atoms with E-state index in [0.29, 0.717) is 36.5 Å². The molecule has 1 saturated heterocycles. The Morgan fingerprint density at radius 1 is 1.07 bits per heavy atom. The highest BCUT2D eigenvalue weighted by molar-refractivity contribution is 7.89. The Labute approximate surface area is 162 Å². The first-order chi connectivity index (χ1) is 12.9. The van der Waals surface area contributed by atoms with Crippen LogP contribution in [-0.2, 0) is 10.0 Å². The lowest BCUT2D eigenvalue weighted by Gasteiger charge is -2.31. The number of piperidine rings is 1. The van der Waals surface area contributed by atoms with Gasteiger partial charge in [0.15, 0.2) is 0 Å². The molecule has 27 heavy (non-hydrogen) atoms. The monoisotopic (exact) mass is 393 g/mol. The molecule has 1 aromatic rings. The van der Waals surface area contributed by atoms with E-state index in [-0.39, 0.29) is 6.03 Å². The molecular weight excluding hydrogens is 362 g/mol. The van der Waals surface area contributed by atoms with Gasteiger partial charge in [0.05, 0.1) is 4.90 Å². The first-order valence-corrected chi connectivity index (χ1v) is 11.5. The summed E-state index contributed by atoms with van der Waals surface area (Å²) in [6, 6.07) is 7.30. The highest BCUT2D eigenvalue weighted by Gasteiger charge is 2.29. The summed E-state index contributed by atoms with van der Waals surface area (Å²) in [5.74, 6) is 0.459. The van der Waals surface area contributed by atoms with Crippen LogP contribution in [0.3, 0.4) is 0 Å². The first kappa shape index (κ1) is 20.1. The lowest BCUT2D eigenvalue weighted by molar-refractivity contribution is 0.232. The molecule has 2 N–H and O–H groups in total. The molecule has 7 heteroatoms. The Hall–Kier alpha value is -1.60. The minimum absolute atomic E-state index is 0.0683. The molecule has 0 spiro atoms. The fraction of sp³-hybridized carbons (Fsp3) is 0.650. The van der Waals surface area contributed by atoms with E-state index in [0.717, 1.165) is 37.7 Å². The van der Waals surface area contributed by atoms with Gasteiger partial charge in [0.2, 0.25) is 10.0 Å². The van der Waals surface area contributed by atoms with Crippen molar-refractivity contribution in [3.8, 4) is 0 Å². The quantitative estimate of drug-likeness (QED) is 0.780. The van der Waals surface area contributed by atoms with Crippen LogP contribution < -0.4 is 10.6 Å². The van der Waals surface area contributed by atoms with Crippen LogP contribution in [0.2, 0.25) is 0 Å². The number of carbonyl (C=O) groups is 1. The highest BCUT2D eigenvalue weighted by Crippen LogP contribution is 2.25. The van der Waals surface area contributed by atoms with E-state index in [2.05, 4.69) is 10.6 Å². The number of rotatable bonds is 6. The molecule has 0 atom stereocenters. The van der Waals surface area contributed by atoms with Gasteiger partial charge in [-0.05, 0) is 57.1 Å². The zero-order valence-electron chi connectivity index (χ0n) is 16.1. The number of hydrogen-bond acceptors (Lipinski definition) is 3. The van der Waals surface area contributed by atoms with Crippen LogP contribution in [0.4, 0.5) is 4.79 Å². The number of sulfonamides is 1. The summed E-state index contributed by atoms with van der Waals surface area (Å²) in [6.45, 7) is 3.70. The predicted octanol–water partition coefficient (Wildman–Crippen LogP) is 3.03. The van der Waals surface area contributed by atoms with Crippen molar-refractivity contribution in [2.75, 3.05) is 19.6 Å². The van der Waals surface area contributed by atoms with Gasteiger partial charge >= 0.3 is 6.03 Å². The van der Waals surface area contributed by atoms with Crippen LogP contribution in [0.5, 0.6) is 0 Å². The van der Waals surface area contributed by atoms with E-state index in [1.54, 1.807) is 16.4 Å². The highest BCUT2D eigenvalue weighted by atomic mass is 32.2. The first-order valence-electron chi connectivity index (χ1n) is 10.1. The molecule has 150 valence electrons. The molecule has 1 saturated carbocycles. The second-order valence-electron chi connectivity index (χ2n) is 7.83. The summed E-state index contributed by atoms with van der Waals surface area (Å²) >= 11 is 0. The van der Waals surface area contributed by atoms with Gasteiger partial charge in [0.1, 0.15) is 0 Å². The molecule has 0 unspecified atom stereocenters. The molecule has 6 nitrogen and oxygen atoms in total. The van der Waals surface area contributed by atoms with E-state index in [1.807, 2.05) is 19.1 Å². The van der Waals surface area contributed by atoms with Crippen LogP contribution in [-0.4, -0.2) is 44.4 Å². The number of carbonyl (C=O) groups excluding carboxylic acids is 1. The van der Waals surface area contributed by atoms with Crippen molar-refractivity contribution in [3.63, 3.8) is 0 Å². The Kier molecular flexibility index (Phi) is 6.76. The van der Waals surface area contributed by atoms with Crippen LogP contribution in [0.25, 0.3) is 0 Å². The van der Waals surface area contributed by atoms with Gasteiger partial charge in [-0.1, -0.05) is 30.5 Å². The van der Waals surface area contributed by atoms with E-state index < -0.39 is 10.0 Å². The SMILES string of the molecule is Cc1ccc(S(=O)(=O)N2CCC(CCNC(=O)NC3CCCC3)CC2)cc1. The molecule has 0 aromatic heterocycles. The summed E-state index contributed by atoms with van der Waals surface area (Å²) < 4.78 is 27.1. The molecule has 2 aliphatic rings. The zero-order valence-corrected chi connectivity index (χ0v) is 16.9. The summed E-state index contributed by atoms with van der Waals surface area (Å²) in [7, 11) is -3.40. The maximum atomic E-state index is 12.7. The van der Waals surface area contributed by atoms with Crippen LogP contribution in [0.15, 0.2) is 29.2 Å². The van der Waals surface area contributed by atoms with Crippen LogP contribution in [0.1, 0.15) is 50.5 Å². The predicted molar refractivity (Wildman–Crippen MR) is 106 cm³/mol. The topological polar surface area (TPSA) is 78.5 Å². The van der Waals surface area contributed by atoms with Gasteiger partial charge in [0, 0.05) is 25.7 Å². The minimum Gasteiger partial charge on any atom is -0.338 e. The van der Waals surface area contributed by atoms with Crippen molar-refractivity contribution in [2.45, 2.75) is 62.8 Å². The molecule has 1 aliphatic carbocycles. The van der Waals surface area contributed by atoms with E-state index in [9.17, 15) is 13.2 Å². The number of benzene rings is 1. The van der Waals surface area contributed by atoms with Gasteiger partial charge in [-0.3, -0.25) is 0 Å². The molecule has 1 heterocycles. The van der Waals surface area contributed by atoms with Gasteiger partial charge < -0.3 is 10.6 Å². The smallest absolute Gasteiger partial charge is 0.315 e. The van der Waals surface area contributed by atoms with Crippen molar-refractivity contribution >= 4 is 16.1 Å². The van der Waals surface area contributed by atoms with Gasteiger partial charge in [-0.15, -0.1) is 0 Å². The summed E-state index contributed by atoms with van der Waals surface area (Å²) in [4.78, 5) is 12.3. The van der Waals surface area contributed by atoms with Gasteiger partial charge in [0.25, 0.3) is 0 Å². The molecule has 0 bridgehead atoms. The van der Waals surface area contributed by atoms with E-state index in [4.69, 9.17) is 0 Å². The summed E-state index contributed by atoms with van der Waals surface area (Å²) in [5, 5.41) is 5.98. The number of urea groups is 1. The normalized spacial score (nSPS) is 19.9. The average molecular weight is 394 g/mol. The zero-order chi connectivity index (χ0) is 19.3. The fourth-order valence-corrected chi connectivity index (χ4v) is 5.46. The molecular formula is C20H31N3O3S. The molecule has 3 rings (SSSR count). The van der Waals surface area contributed by atoms with E-state index in [1.165, 1.54) is 12.8 Å². The van der Waals surface area contributed by atoms with Crippen molar-refractivity contribution in [1.82, 2.24) is 14.9 Å². The molecule has 0 radical (unpaired) electrons. The van der Waals surface area contributed by atoms with Crippen molar-refractivity contribution in [2.24, 2.45) is 5.92 Å². The largest absolute Gasteiger partial charge is 0.338 e. The van der Waals surface area contributed by atoms with Gasteiger partial charge in [-0.25, -0.2) is 13.2 Å². The number of aryl methyl sites for hydroxylation is 1. The number of nitrogens with one attached hydrogen (secondary N) is 2. The Balaban J connectivity index is 1.39. The third-order valence-corrected chi connectivity index (χ3v) is 7.67. The Morgan fingerprint density at radius 2 is 1.70 bits per heavy atom. The summed E-state index contributed by atoms with van der Waals surface area (Å²) in [6.07, 6.45) is 7.16. The van der Waals surface area contributed by atoms with Gasteiger partial charge in [-0.2, -0.15) is 4.31 Å². The lowest BCUT2D eigenvalue weighted by atomic mass is 9.95. The minimum atomic E-state index is -3.40. The third kappa shape index (κ3) is 5.45. The standard InChI is InChI=1S/C20H31N3O3S/c1-16-6-8-19(9-7-16)27(25,26)23-14-11-17(12-15-23)10-13-21-20(24)22-18-4-2-3-5-18/h6-9,17-18H,2-5,10-15H2,1H3,(H2,21,22,24). The number of hydrogen-bond donors (Lipinski definition) is 2. The van der Waals surface area contributed by atoms with Crippen LogP contribution in [0, 0.1) is 12.8 Å². The Morgan fingerprint density at radius 3 is 2.33 bits per heavy atom. The third-order valence-electron chi connectivity index (χ3n) is 5.76. The Bertz CT molecular complexity index is 719. The maximum absolute atomic E-state index is 12.7. The van der Waals surface area contributed by atoms with Crippen molar-refractivity contribution < 1.29 is 13.2 Å². The second kappa shape index (κ2) is 9.06. The van der Waals surface area contributed by atoms with Crippen molar-refractivity contribution in [3.05, 3.63) is 29.8 Å². The molecule has 2 amide bonds. The second-order valence-corrected chi connectivity index (χ2v) is 9.77. The fourth-order valence-electron chi connectivity index (χ4n) is 3.99. The lowest BCUT2D eigenvalue weighted by Crippen LogP contribution is -2.42.